The number of allylic oxidation sites excluding steroid dienone is 11. The Morgan fingerprint density at radius 1 is 0.513 bits per heavy atom. The molecule has 6 aliphatic carbocycles. The second-order valence-electron chi connectivity index (χ2n) is 23.1. The Hall–Kier alpha value is -6.90. The Morgan fingerprint density at radius 3 is 1.78 bits per heavy atom. The minimum atomic E-state index is 0.113. The number of anilines is 3. The Bertz CT molecular complexity index is 3480. The van der Waals surface area contributed by atoms with Crippen molar-refractivity contribution in [2.45, 2.75) is 150 Å². The van der Waals surface area contributed by atoms with Crippen LogP contribution in [-0.4, -0.2) is 12.1 Å². The maximum absolute atomic E-state index is 2.83. The van der Waals surface area contributed by atoms with E-state index in [0.29, 0.717) is 5.92 Å². The molecule has 6 aliphatic rings. The molecule has 1 fully saturated rings. The van der Waals surface area contributed by atoms with Gasteiger partial charge in [0.2, 0.25) is 0 Å². The van der Waals surface area contributed by atoms with Crippen LogP contribution in [0.1, 0.15) is 149 Å². The van der Waals surface area contributed by atoms with E-state index in [1.165, 1.54) is 106 Å². The summed E-state index contributed by atoms with van der Waals surface area (Å²) in [4.78, 5) is 5.65. The monoisotopic (exact) mass is 1020 g/mol. The lowest BCUT2D eigenvalue weighted by molar-refractivity contribution is 0.246. The molecule has 6 aromatic carbocycles. The molecule has 396 valence electrons. The summed E-state index contributed by atoms with van der Waals surface area (Å²) in [5.74, 6) is 1.21. The van der Waals surface area contributed by atoms with Crippen LogP contribution in [0.5, 0.6) is 0 Å². The molecule has 2 heteroatoms. The van der Waals surface area contributed by atoms with Crippen molar-refractivity contribution in [2.75, 3.05) is 9.80 Å². The second kappa shape index (κ2) is 22.1. The van der Waals surface area contributed by atoms with E-state index in [4.69, 9.17) is 0 Å². The van der Waals surface area contributed by atoms with E-state index >= 15 is 0 Å². The first-order chi connectivity index (χ1) is 38.3. The number of aryl methyl sites for hydroxylation is 6. The number of rotatable bonds is 16. The molecule has 2 nitrogen and oxygen atoms in total. The van der Waals surface area contributed by atoms with Gasteiger partial charge in [-0.3, -0.25) is 0 Å². The molecular weight excluding hydrogens is 941 g/mol. The van der Waals surface area contributed by atoms with Crippen molar-refractivity contribution in [3.63, 3.8) is 0 Å². The van der Waals surface area contributed by atoms with Crippen molar-refractivity contribution in [1.29, 1.82) is 0 Å². The van der Waals surface area contributed by atoms with E-state index in [0.717, 1.165) is 70.6 Å². The van der Waals surface area contributed by atoms with Gasteiger partial charge in [-0.1, -0.05) is 195 Å². The standard InChI is InChI=1S/C76H82N2/c1-9-49-31-35-59(43-53(49)13-5)77(60-36-32-50(10-2)54(14-6)44-60)73-47-71(65-29-21-25-57-23-17-19-27-63(57)65)67-40-42-70-74(78(61-37-33-51(11-3)55(15-7)45-61)62-38-34-52(12-4)56(16-8)46-62)48-72(68-39-41-69(73)75(67)76(68)70)66-30-22-26-58-24-18-20-28-64(58)66/h17-29,31-45,48,62,66-67,71,73,75-76H,9-16,30,46-47H2,1-8H3. The lowest BCUT2D eigenvalue weighted by Crippen LogP contribution is -2.50. The van der Waals surface area contributed by atoms with Crippen LogP contribution in [0.2, 0.25) is 0 Å². The fourth-order valence-electron chi connectivity index (χ4n) is 15.6. The van der Waals surface area contributed by atoms with Gasteiger partial charge < -0.3 is 9.80 Å². The molecule has 0 radical (unpaired) electrons. The van der Waals surface area contributed by atoms with E-state index in [2.05, 4.69) is 241 Å². The second-order valence-corrected chi connectivity index (χ2v) is 23.1. The van der Waals surface area contributed by atoms with Crippen molar-refractivity contribution in [3.8, 4) is 0 Å². The number of hydrogen-bond acceptors (Lipinski definition) is 2. The molecule has 0 heterocycles. The minimum Gasteiger partial charge on any atom is -0.334 e. The predicted molar refractivity (Wildman–Crippen MR) is 334 cm³/mol. The molecular formula is C76H82N2. The van der Waals surface area contributed by atoms with Crippen LogP contribution >= 0.6 is 0 Å². The lowest BCUT2D eigenvalue weighted by Gasteiger charge is -2.55. The van der Waals surface area contributed by atoms with Crippen LogP contribution in [0.3, 0.4) is 0 Å². The Morgan fingerprint density at radius 2 is 1.13 bits per heavy atom. The molecule has 0 amide bonds. The van der Waals surface area contributed by atoms with Gasteiger partial charge >= 0.3 is 0 Å². The van der Waals surface area contributed by atoms with Crippen molar-refractivity contribution in [2.24, 2.45) is 17.8 Å². The fraction of sp³-hybridized carbons (Fsp3) is 0.342. The molecule has 12 rings (SSSR count). The highest BCUT2D eigenvalue weighted by atomic mass is 15.2. The molecule has 0 bridgehead atoms. The van der Waals surface area contributed by atoms with Gasteiger partial charge in [0, 0.05) is 34.6 Å². The summed E-state index contributed by atoms with van der Waals surface area (Å²) in [5.41, 5.74) is 27.6. The van der Waals surface area contributed by atoms with E-state index < -0.39 is 0 Å². The summed E-state index contributed by atoms with van der Waals surface area (Å²) in [5, 5.41) is 2.72. The predicted octanol–water partition coefficient (Wildman–Crippen LogP) is 19.5. The Labute approximate surface area is 468 Å². The molecule has 0 spiro atoms. The van der Waals surface area contributed by atoms with E-state index in [9.17, 15) is 0 Å². The van der Waals surface area contributed by atoms with Crippen molar-refractivity contribution >= 4 is 33.9 Å². The zero-order valence-corrected chi connectivity index (χ0v) is 48.0. The van der Waals surface area contributed by atoms with Crippen LogP contribution < -0.4 is 9.80 Å². The summed E-state index contributed by atoms with van der Waals surface area (Å²) in [7, 11) is 0. The highest BCUT2D eigenvalue weighted by molar-refractivity contribution is 5.86. The van der Waals surface area contributed by atoms with Crippen molar-refractivity contribution in [1.82, 2.24) is 0 Å². The normalized spacial score (nSPS) is 23.0. The largest absolute Gasteiger partial charge is 0.334 e. The molecule has 78 heavy (non-hydrogen) atoms. The average molecular weight is 1020 g/mol. The summed E-state index contributed by atoms with van der Waals surface area (Å²) >= 11 is 0. The summed E-state index contributed by atoms with van der Waals surface area (Å²) in [6.45, 7) is 18.7. The van der Waals surface area contributed by atoms with Crippen LogP contribution in [-0.2, 0) is 38.5 Å². The first kappa shape index (κ1) is 51.8. The third-order valence-corrected chi connectivity index (χ3v) is 19.5. The molecule has 1 saturated carbocycles. The highest BCUT2D eigenvalue weighted by Crippen LogP contribution is 2.62. The summed E-state index contributed by atoms with van der Waals surface area (Å²) in [6.07, 6.45) is 34.6. The third-order valence-electron chi connectivity index (χ3n) is 19.5. The van der Waals surface area contributed by atoms with E-state index in [1.807, 2.05) is 0 Å². The van der Waals surface area contributed by atoms with E-state index in [-0.39, 0.29) is 35.8 Å². The SMILES string of the molecule is CCC1=C(CC)CC(N(C2=C3C=CC4C(c5cccc6ccccc56)CC(N(c5ccc(CC)c(CC)c5)c5ccc(CC)c(CC)c5)C5=CC=C(C(C6CC=Cc7ccccc76)=C2)C3C54)c2ccc(CC)c(CC)c2)C=C1. The molecule has 0 aliphatic heterocycles. The van der Waals surface area contributed by atoms with Gasteiger partial charge in [0.1, 0.15) is 0 Å². The van der Waals surface area contributed by atoms with Gasteiger partial charge in [0.25, 0.3) is 0 Å². The first-order valence-electron chi connectivity index (χ1n) is 30.4. The van der Waals surface area contributed by atoms with Gasteiger partial charge in [-0.05, 0) is 220 Å². The quantitative estimate of drug-likeness (QED) is 0.0953. The van der Waals surface area contributed by atoms with Gasteiger partial charge in [-0.2, -0.15) is 0 Å². The van der Waals surface area contributed by atoms with E-state index in [1.54, 1.807) is 11.1 Å². The number of fused-ring (bicyclic) bond motifs is 2. The maximum atomic E-state index is 2.83. The van der Waals surface area contributed by atoms with Crippen molar-refractivity contribution in [3.05, 3.63) is 259 Å². The molecule has 0 aromatic heterocycles. The maximum Gasteiger partial charge on any atom is 0.0563 e. The minimum absolute atomic E-state index is 0.113. The van der Waals surface area contributed by atoms with Gasteiger partial charge in [0.15, 0.2) is 0 Å². The van der Waals surface area contributed by atoms with Gasteiger partial charge in [0.05, 0.1) is 12.1 Å². The molecule has 0 saturated heterocycles. The summed E-state index contributed by atoms with van der Waals surface area (Å²) in [6, 6.07) is 48.4. The van der Waals surface area contributed by atoms with Crippen molar-refractivity contribution < 1.29 is 0 Å². The molecule has 0 N–H and O–H groups in total. The van der Waals surface area contributed by atoms with Gasteiger partial charge in [-0.15, -0.1) is 0 Å². The topological polar surface area (TPSA) is 6.48 Å². The lowest BCUT2D eigenvalue weighted by atomic mass is 9.52. The highest BCUT2D eigenvalue weighted by Gasteiger charge is 2.53. The molecule has 7 unspecified atom stereocenters. The molecule has 7 atom stereocenters. The average Bonchev–Trinajstić information content (AvgIpc) is 3.51. The Kier molecular flexibility index (Phi) is 14.7. The number of benzene rings is 6. The zero-order valence-electron chi connectivity index (χ0n) is 48.0. The Balaban J connectivity index is 1.14. The van der Waals surface area contributed by atoms with Crippen LogP contribution in [0.4, 0.5) is 17.1 Å². The molecule has 6 aromatic rings. The zero-order chi connectivity index (χ0) is 53.6. The van der Waals surface area contributed by atoms with Crippen LogP contribution in [0, 0.1) is 17.8 Å². The number of hydrogen-bond donors (Lipinski definition) is 0. The van der Waals surface area contributed by atoms with Crippen LogP contribution in [0.15, 0.2) is 209 Å². The first-order valence-corrected chi connectivity index (χ1v) is 30.4. The third kappa shape index (κ3) is 8.96. The smallest absolute Gasteiger partial charge is 0.0563 e. The number of nitrogens with zero attached hydrogens (tertiary/aromatic N) is 2. The van der Waals surface area contributed by atoms with Crippen LogP contribution in [0.25, 0.3) is 16.8 Å². The summed E-state index contributed by atoms with van der Waals surface area (Å²) < 4.78 is 0. The van der Waals surface area contributed by atoms with Gasteiger partial charge in [-0.25, -0.2) is 0 Å². The fourth-order valence-corrected chi connectivity index (χ4v) is 15.6.